The van der Waals surface area contributed by atoms with Crippen LogP contribution in [0.1, 0.15) is 135 Å². The maximum atomic E-state index is 14.3. The van der Waals surface area contributed by atoms with Gasteiger partial charge >= 0.3 is 34.0 Å². The van der Waals surface area contributed by atoms with Crippen LogP contribution in [0.4, 0.5) is 9.93 Å². The van der Waals surface area contributed by atoms with Gasteiger partial charge in [0.1, 0.15) is 17.3 Å². The summed E-state index contributed by atoms with van der Waals surface area (Å²) in [5, 5.41) is 27.6. The predicted octanol–water partition coefficient (Wildman–Crippen LogP) is 5.50. The lowest BCUT2D eigenvalue weighted by atomic mass is 9.98. The maximum Gasteiger partial charge on any atom is 0.413 e. The molecule has 3 atom stereocenters. The molecule has 0 bridgehead atoms. The number of carbonyl (C=O) groups excluding carboxylic acids is 6. The van der Waals surface area contributed by atoms with Gasteiger partial charge in [0.05, 0.1) is 31.0 Å². The predicted molar refractivity (Wildman–Crippen MR) is 283 cm³/mol. The summed E-state index contributed by atoms with van der Waals surface area (Å²) in [6.45, 7) is 9.47. The number of hydrogen-bond donors (Lipinski definition) is 5. The molecule has 0 unspecified atom stereocenters. The van der Waals surface area contributed by atoms with Gasteiger partial charge in [0, 0.05) is 54.6 Å². The molecule has 5 amide bonds. The van der Waals surface area contributed by atoms with Crippen molar-refractivity contribution in [1.29, 1.82) is 0 Å². The molecule has 5 heterocycles. The molecule has 5 aromatic rings. The number of amides is 5. The van der Waals surface area contributed by atoms with E-state index in [2.05, 4.69) is 31.2 Å². The summed E-state index contributed by atoms with van der Waals surface area (Å²) in [6, 6.07) is 17.4. The van der Waals surface area contributed by atoms with Crippen LogP contribution in [0.25, 0.3) is 0 Å². The van der Waals surface area contributed by atoms with Crippen molar-refractivity contribution in [3.8, 4) is 11.5 Å². The lowest BCUT2D eigenvalue weighted by molar-refractivity contribution is -0.906. The first-order valence-corrected chi connectivity index (χ1v) is 28.2. The van der Waals surface area contributed by atoms with E-state index >= 15 is 0 Å². The van der Waals surface area contributed by atoms with Crippen molar-refractivity contribution in [3.05, 3.63) is 118 Å². The lowest BCUT2D eigenvalue weighted by Gasteiger charge is -2.44. The molecule has 2 aromatic carbocycles. The quantitative estimate of drug-likeness (QED) is 0.00744. The van der Waals surface area contributed by atoms with Gasteiger partial charge in [-0.25, -0.2) is 18.9 Å². The fraction of sp³-hybridized carbons (Fsp3) is 0.434. The first-order chi connectivity index (χ1) is 38.2. The number of esters is 1. The molecule has 8 rings (SSSR count). The fourth-order valence-corrected chi connectivity index (χ4v) is 10.1. The zero-order chi connectivity index (χ0) is 57.4. The Hall–Kier alpha value is -8.17. The Bertz CT molecular complexity index is 3180. The van der Waals surface area contributed by atoms with Crippen molar-refractivity contribution in [2.75, 3.05) is 38.2 Å². The number of oxime groups is 1. The number of pyridine rings is 1. The number of benzene rings is 2. The third kappa shape index (κ3) is 14.0. The van der Waals surface area contributed by atoms with Gasteiger partial charge in [0.25, 0.3) is 23.9 Å². The minimum absolute atomic E-state index is 0.0490. The van der Waals surface area contributed by atoms with Crippen molar-refractivity contribution < 1.29 is 80.0 Å². The van der Waals surface area contributed by atoms with Crippen molar-refractivity contribution in [2.45, 2.75) is 115 Å². The highest BCUT2D eigenvalue weighted by molar-refractivity contribution is 7.84. The highest BCUT2D eigenvalue weighted by atomic mass is 32.2. The van der Waals surface area contributed by atoms with E-state index in [4.69, 9.17) is 28.3 Å². The highest BCUT2D eigenvalue weighted by Crippen LogP contribution is 2.43. The SMILES string of the molecule is CCCCOc1cc(C(=O)N2CC[C@@H](c3cc(C(=O)NC[C@H]4[C@H](NC(=O)/C(=N\OC5(C(=O)OC(c6ccccc6)c6ccccc6)CC5)c5csc(NC(=O)OC(C)(C)C)n5)C(=O)N4S(=O)(=O)O)on3)C2)[n+](O)cc1OCCCC. The summed E-state index contributed by atoms with van der Waals surface area (Å²) in [5.41, 5.74) is -1.79. The zero-order valence-corrected chi connectivity index (χ0v) is 46.1. The number of thiazole rings is 1. The molecule has 0 radical (unpaired) electrons. The Morgan fingerprint density at radius 3 is 2.23 bits per heavy atom. The van der Waals surface area contributed by atoms with Gasteiger partial charge in [-0.1, -0.05) is 97.7 Å². The Balaban J connectivity index is 0.956. The molecule has 426 valence electrons. The first-order valence-electron chi connectivity index (χ1n) is 25.9. The number of unbranched alkanes of at least 4 members (excludes halogenated alkanes) is 2. The summed E-state index contributed by atoms with van der Waals surface area (Å²) in [5.74, 6) is -4.81. The fourth-order valence-electron chi connectivity index (χ4n) is 8.54. The van der Waals surface area contributed by atoms with E-state index in [0.29, 0.717) is 52.7 Å². The Morgan fingerprint density at radius 1 is 0.963 bits per heavy atom. The molecule has 25 nitrogen and oxygen atoms in total. The minimum atomic E-state index is -5.26. The average Bonchev–Trinajstić information content (AvgIpc) is 3.76. The summed E-state index contributed by atoms with van der Waals surface area (Å²) in [6.07, 6.45) is 3.55. The van der Waals surface area contributed by atoms with Crippen molar-refractivity contribution >= 4 is 68.2 Å². The number of carbonyl (C=O) groups is 6. The van der Waals surface area contributed by atoms with Gasteiger partial charge in [0.15, 0.2) is 22.7 Å². The molecule has 1 aliphatic carbocycles. The number of nitrogens with one attached hydrogen (secondary N) is 3. The molecular formula is C53H62N9O16S2+. The van der Waals surface area contributed by atoms with Gasteiger partial charge in [-0.2, -0.15) is 8.42 Å². The third-order valence-corrected chi connectivity index (χ3v) is 14.6. The van der Waals surface area contributed by atoms with Gasteiger partial charge in [-0.3, -0.25) is 34.3 Å². The second kappa shape index (κ2) is 24.9. The average molecular weight is 1150 g/mol. The molecule has 80 heavy (non-hydrogen) atoms. The second-order valence-electron chi connectivity index (χ2n) is 20.1. The molecule has 3 fully saturated rings. The number of anilines is 1. The summed E-state index contributed by atoms with van der Waals surface area (Å²) < 4.78 is 64.4. The number of hydrogen-bond acceptors (Lipinski definition) is 19. The summed E-state index contributed by atoms with van der Waals surface area (Å²) >= 11 is 0.862. The molecule has 3 aromatic heterocycles. The van der Waals surface area contributed by atoms with E-state index in [-0.39, 0.29) is 52.5 Å². The number of ether oxygens (including phenoxy) is 4. The van der Waals surface area contributed by atoms with E-state index in [1.165, 1.54) is 28.6 Å². The van der Waals surface area contributed by atoms with Crippen LogP contribution < -0.4 is 30.2 Å². The number of β-lactam (4-membered cyclic amide) rings is 1. The minimum Gasteiger partial charge on any atom is -0.489 e. The second-order valence-corrected chi connectivity index (χ2v) is 22.3. The van der Waals surface area contributed by atoms with E-state index < -0.39 is 93.6 Å². The van der Waals surface area contributed by atoms with E-state index in [9.17, 15) is 46.9 Å². The standard InChI is InChI=1S/C53H61N9O16S2/c1-6-8-24-73-39-27-37(61(69)30-41(39)74-25-9-7-2)47(65)60-23-20-34(29-60)35-26-40(77-58-35)45(63)54-28-38-43(48(66)62(38)80(70,71)72)56-46(64)42(36-31-79-50(55-36)57-51(68)76-52(3,4)5)59-78-53(21-22-53)49(67)75-44(32-16-12-10-13-17-32)33-18-14-11-15-19-33/h10-19,26-27,30-31,34,38,43-44H,6-9,20-25,28-29H2,1-5H3,(H4-,54,55,56,57,63,64,65,68,69,70,71,72)/p+1/b59-42-/t34-,38+,43+/m1/s1. The molecule has 1 saturated carbocycles. The Morgan fingerprint density at radius 2 is 1.61 bits per heavy atom. The molecular weight excluding hydrogens is 1080 g/mol. The molecule has 5 N–H and O–H groups in total. The zero-order valence-electron chi connectivity index (χ0n) is 44.5. The number of likely N-dealkylation sites (tertiary alicyclic amines) is 1. The van der Waals surface area contributed by atoms with E-state index in [0.717, 1.165) is 37.0 Å². The molecule has 0 spiro atoms. The van der Waals surface area contributed by atoms with Gasteiger partial charge in [0.2, 0.25) is 17.1 Å². The monoisotopic (exact) mass is 1140 g/mol. The van der Waals surface area contributed by atoms with Crippen LogP contribution >= 0.6 is 11.3 Å². The third-order valence-electron chi connectivity index (χ3n) is 12.9. The first kappa shape index (κ1) is 58.0. The summed E-state index contributed by atoms with van der Waals surface area (Å²) in [7, 11) is -5.26. The van der Waals surface area contributed by atoms with Crippen LogP contribution in [0.3, 0.4) is 0 Å². The number of aromatic nitrogens is 3. The topological polar surface area (TPSA) is 321 Å². The number of rotatable bonds is 24. The molecule has 2 saturated heterocycles. The molecule has 2 aliphatic heterocycles. The number of nitrogens with zero attached hydrogens (tertiary/aromatic N) is 6. The van der Waals surface area contributed by atoms with Crippen molar-refractivity contribution in [1.82, 2.24) is 30.0 Å². The largest absolute Gasteiger partial charge is 0.489 e. The van der Waals surface area contributed by atoms with Crippen LogP contribution in [0.15, 0.2) is 94.1 Å². The highest BCUT2D eigenvalue weighted by Gasteiger charge is 2.57. The van der Waals surface area contributed by atoms with Crippen LogP contribution in [-0.2, 0) is 39.0 Å². The van der Waals surface area contributed by atoms with E-state index in [1.54, 1.807) is 69.3 Å². The normalized spacial score (nSPS) is 17.8. The lowest BCUT2D eigenvalue weighted by Crippen LogP contribution is -2.74. The Labute approximate surface area is 464 Å². The van der Waals surface area contributed by atoms with Gasteiger partial charge < -0.3 is 43.8 Å². The van der Waals surface area contributed by atoms with Gasteiger partial charge in [-0.05, 0) is 51.2 Å². The Kier molecular flexibility index (Phi) is 18.0. The van der Waals surface area contributed by atoms with Crippen LogP contribution in [0.5, 0.6) is 11.5 Å². The van der Waals surface area contributed by atoms with E-state index in [1.807, 2.05) is 26.0 Å². The smallest absolute Gasteiger partial charge is 0.413 e. The van der Waals surface area contributed by atoms with Crippen LogP contribution in [0, 0.1) is 0 Å². The van der Waals surface area contributed by atoms with Crippen LogP contribution in [0.2, 0.25) is 0 Å². The summed E-state index contributed by atoms with van der Waals surface area (Å²) in [4.78, 5) is 93.3. The van der Waals surface area contributed by atoms with Crippen molar-refractivity contribution in [3.63, 3.8) is 0 Å². The van der Waals surface area contributed by atoms with Gasteiger partial charge in [-0.15, -0.1) is 11.3 Å². The van der Waals surface area contributed by atoms with Crippen molar-refractivity contribution in [2.24, 2.45) is 5.16 Å². The maximum absolute atomic E-state index is 14.3. The molecule has 3 aliphatic rings. The molecule has 27 heteroatoms. The van der Waals surface area contributed by atoms with Crippen LogP contribution in [-0.4, -0.2) is 135 Å².